The van der Waals surface area contributed by atoms with Crippen LogP contribution in [0.3, 0.4) is 0 Å². The van der Waals surface area contributed by atoms with E-state index >= 15 is 0 Å². The summed E-state index contributed by atoms with van der Waals surface area (Å²) in [5.41, 5.74) is 5.68. The zero-order chi connectivity index (χ0) is 10.8. The Balaban J connectivity index is 2.89. The van der Waals surface area contributed by atoms with Crippen LogP contribution in [0.5, 0.6) is 0 Å². The molecular weight excluding hydrogens is 196 g/mol. The molecule has 2 N–H and O–H groups in total. The predicted molar refractivity (Wildman–Crippen MR) is 58.4 cm³/mol. The van der Waals surface area contributed by atoms with Gasteiger partial charge in [-0.25, -0.2) is 4.98 Å². The summed E-state index contributed by atoms with van der Waals surface area (Å²) < 4.78 is 0.0866. The van der Waals surface area contributed by atoms with Gasteiger partial charge in [-0.1, -0.05) is 20.8 Å². The largest absolute Gasteiger partial charge is 0.366 e. The second-order valence-corrected chi connectivity index (χ2v) is 5.81. The maximum absolute atomic E-state index is 10.9. The summed E-state index contributed by atoms with van der Waals surface area (Å²) in [6.07, 6.45) is 1.61. The lowest BCUT2D eigenvalue weighted by atomic mass is 10.2. The van der Waals surface area contributed by atoms with Crippen molar-refractivity contribution in [1.82, 2.24) is 4.98 Å². The number of amides is 1. The molecule has 1 rings (SSSR count). The highest BCUT2D eigenvalue weighted by Gasteiger charge is 2.13. The predicted octanol–water partition coefficient (Wildman–Crippen LogP) is 2.07. The van der Waals surface area contributed by atoms with Gasteiger partial charge in [-0.3, -0.25) is 4.79 Å². The standard InChI is InChI=1S/C10H14N2OS/c1-10(2,3)14-8-6-7(9(11)13)4-5-12-8/h4-6H,1-3H3,(H2,11,13). The molecule has 3 nitrogen and oxygen atoms in total. The first kappa shape index (κ1) is 11.0. The first-order valence-corrected chi connectivity index (χ1v) is 5.15. The van der Waals surface area contributed by atoms with Crippen LogP contribution in [0.15, 0.2) is 23.4 Å². The van der Waals surface area contributed by atoms with Crippen molar-refractivity contribution in [1.29, 1.82) is 0 Å². The number of rotatable bonds is 2. The highest BCUT2D eigenvalue weighted by molar-refractivity contribution is 8.00. The van der Waals surface area contributed by atoms with Gasteiger partial charge in [0.15, 0.2) is 0 Å². The van der Waals surface area contributed by atoms with E-state index in [1.165, 1.54) is 0 Å². The monoisotopic (exact) mass is 210 g/mol. The normalized spacial score (nSPS) is 11.4. The molecule has 4 heteroatoms. The van der Waals surface area contributed by atoms with E-state index in [2.05, 4.69) is 25.8 Å². The van der Waals surface area contributed by atoms with E-state index in [9.17, 15) is 4.79 Å². The van der Waals surface area contributed by atoms with Gasteiger partial charge < -0.3 is 5.73 Å². The third kappa shape index (κ3) is 3.38. The van der Waals surface area contributed by atoms with Gasteiger partial charge >= 0.3 is 0 Å². The van der Waals surface area contributed by atoms with Crippen LogP contribution in [0.2, 0.25) is 0 Å². The van der Waals surface area contributed by atoms with Crippen molar-refractivity contribution in [3.8, 4) is 0 Å². The molecule has 0 aliphatic carbocycles. The molecule has 0 aromatic carbocycles. The molecule has 14 heavy (non-hydrogen) atoms. The Morgan fingerprint density at radius 1 is 1.50 bits per heavy atom. The summed E-state index contributed by atoms with van der Waals surface area (Å²) in [5.74, 6) is -0.414. The Labute approximate surface area is 88.1 Å². The molecule has 0 fully saturated rings. The molecule has 0 spiro atoms. The molecule has 0 saturated carbocycles. The van der Waals surface area contributed by atoms with E-state index in [0.29, 0.717) is 5.56 Å². The Bertz CT molecular complexity index is 344. The van der Waals surface area contributed by atoms with Crippen molar-refractivity contribution in [2.45, 2.75) is 30.5 Å². The van der Waals surface area contributed by atoms with Crippen LogP contribution in [0, 0.1) is 0 Å². The molecule has 0 radical (unpaired) electrons. The van der Waals surface area contributed by atoms with Crippen molar-refractivity contribution in [2.75, 3.05) is 0 Å². The Kier molecular flexibility index (Phi) is 3.16. The number of carbonyl (C=O) groups is 1. The fourth-order valence-corrected chi connectivity index (χ4v) is 1.86. The van der Waals surface area contributed by atoms with Crippen LogP contribution in [-0.4, -0.2) is 15.6 Å². The van der Waals surface area contributed by atoms with Crippen LogP contribution in [0.4, 0.5) is 0 Å². The first-order chi connectivity index (χ1) is 6.38. The fraction of sp³-hybridized carbons (Fsp3) is 0.400. The second-order valence-electron chi connectivity index (χ2n) is 3.96. The minimum atomic E-state index is -0.414. The second kappa shape index (κ2) is 4.00. The minimum Gasteiger partial charge on any atom is -0.366 e. The molecule has 0 aliphatic rings. The smallest absolute Gasteiger partial charge is 0.248 e. The van der Waals surface area contributed by atoms with Crippen LogP contribution in [0.25, 0.3) is 0 Å². The minimum absolute atomic E-state index is 0.0866. The summed E-state index contributed by atoms with van der Waals surface area (Å²) in [5, 5.41) is 0.828. The molecule has 76 valence electrons. The number of primary amides is 1. The van der Waals surface area contributed by atoms with Crippen LogP contribution in [0.1, 0.15) is 31.1 Å². The Hall–Kier alpha value is -1.03. The molecule has 0 atom stereocenters. The number of hydrogen-bond donors (Lipinski definition) is 1. The molecule has 1 heterocycles. The average molecular weight is 210 g/mol. The molecule has 0 aliphatic heterocycles. The van der Waals surface area contributed by atoms with E-state index in [-0.39, 0.29) is 4.75 Å². The summed E-state index contributed by atoms with van der Waals surface area (Å²) in [4.78, 5) is 15.1. The first-order valence-electron chi connectivity index (χ1n) is 4.33. The summed E-state index contributed by atoms with van der Waals surface area (Å²) >= 11 is 1.61. The van der Waals surface area contributed by atoms with Crippen molar-refractivity contribution >= 4 is 17.7 Å². The molecular formula is C10H14N2OS. The van der Waals surface area contributed by atoms with Crippen molar-refractivity contribution < 1.29 is 4.79 Å². The number of aromatic nitrogens is 1. The zero-order valence-corrected chi connectivity index (χ0v) is 9.39. The van der Waals surface area contributed by atoms with Gasteiger partial charge in [-0.2, -0.15) is 0 Å². The molecule has 0 unspecified atom stereocenters. The van der Waals surface area contributed by atoms with Crippen molar-refractivity contribution in [3.05, 3.63) is 23.9 Å². The molecule has 0 saturated heterocycles. The van der Waals surface area contributed by atoms with Crippen molar-refractivity contribution in [2.24, 2.45) is 5.73 Å². The highest BCUT2D eigenvalue weighted by Crippen LogP contribution is 2.30. The lowest BCUT2D eigenvalue weighted by Crippen LogP contribution is -2.12. The van der Waals surface area contributed by atoms with E-state index < -0.39 is 5.91 Å². The Morgan fingerprint density at radius 3 is 2.64 bits per heavy atom. The van der Waals surface area contributed by atoms with E-state index in [1.54, 1.807) is 30.1 Å². The molecule has 1 aromatic heterocycles. The molecule has 1 amide bonds. The SMILES string of the molecule is CC(C)(C)Sc1cc(C(N)=O)ccn1. The number of nitrogens with zero attached hydrogens (tertiary/aromatic N) is 1. The van der Waals surface area contributed by atoms with Crippen LogP contribution < -0.4 is 5.73 Å². The zero-order valence-electron chi connectivity index (χ0n) is 8.57. The van der Waals surface area contributed by atoms with Gasteiger partial charge in [0.25, 0.3) is 0 Å². The summed E-state index contributed by atoms with van der Waals surface area (Å²) in [6.45, 7) is 6.28. The maximum atomic E-state index is 10.9. The number of carbonyl (C=O) groups excluding carboxylic acids is 1. The summed E-state index contributed by atoms with van der Waals surface area (Å²) in [6, 6.07) is 3.34. The number of pyridine rings is 1. The number of hydrogen-bond acceptors (Lipinski definition) is 3. The fourth-order valence-electron chi connectivity index (χ4n) is 0.932. The van der Waals surface area contributed by atoms with Gasteiger partial charge in [-0.05, 0) is 12.1 Å². The third-order valence-electron chi connectivity index (χ3n) is 1.43. The maximum Gasteiger partial charge on any atom is 0.248 e. The van der Waals surface area contributed by atoms with Crippen molar-refractivity contribution in [3.63, 3.8) is 0 Å². The summed E-state index contributed by atoms with van der Waals surface area (Å²) in [7, 11) is 0. The quantitative estimate of drug-likeness (QED) is 0.760. The number of thioether (sulfide) groups is 1. The van der Waals surface area contributed by atoms with E-state index in [4.69, 9.17) is 5.73 Å². The van der Waals surface area contributed by atoms with Gasteiger partial charge in [-0.15, -0.1) is 11.8 Å². The third-order valence-corrected chi connectivity index (χ3v) is 2.47. The van der Waals surface area contributed by atoms with Gasteiger partial charge in [0.2, 0.25) is 5.91 Å². The van der Waals surface area contributed by atoms with E-state index in [1.807, 2.05) is 0 Å². The van der Waals surface area contributed by atoms with Crippen LogP contribution in [-0.2, 0) is 0 Å². The lowest BCUT2D eigenvalue weighted by Gasteiger charge is -2.16. The Morgan fingerprint density at radius 2 is 2.14 bits per heavy atom. The average Bonchev–Trinajstić information content (AvgIpc) is 2.01. The highest BCUT2D eigenvalue weighted by atomic mass is 32.2. The topological polar surface area (TPSA) is 56.0 Å². The van der Waals surface area contributed by atoms with Gasteiger partial charge in [0, 0.05) is 16.5 Å². The van der Waals surface area contributed by atoms with E-state index in [0.717, 1.165) is 5.03 Å². The number of nitrogens with two attached hydrogens (primary N) is 1. The molecule has 0 bridgehead atoms. The van der Waals surface area contributed by atoms with Crippen LogP contribution >= 0.6 is 11.8 Å². The lowest BCUT2D eigenvalue weighted by molar-refractivity contribution is 0.1000. The van der Waals surface area contributed by atoms with Gasteiger partial charge in [0.1, 0.15) is 0 Å². The molecule has 1 aromatic rings. The van der Waals surface area contributed by atoms with Gasteiger partial charge in [0.05, 0.1) is 5.03 Å².